The second kappa shape index (κ2) is 2.73. The fourth-order valence-electron chi connectivity index (χ4n) is 1.69. The van der Waals surface area contributed by atoms with Gasteiger partial charge in [-0.3, -0.25) is 9.36 Å². The molecule has 0 fully saturated rings. The van der Waals surface area contributed by atoms with Gasteiger partial charge in [0.2, 0.25) is 5.91 Å². The van der Waals surface area contributed by atoms with E-state index in [4.69, 9.17) is 0 Å². The monoisotopic (exact) mass is 164 g/mol. The predicted molar refractivity (Wildman–Crippen MR) is 45.2 cm³/mol. The molecule has 0 N–H and O–H groups in total. The second-order valence-corrected chi connectivity index (χ2v) is 3.10. The van der Waals surface area contributed by atoms with Gasteiger partial charge in [-0.15, -0.1) is 0 Å². The summed E-state index contributed by atoms with van der Waals surface area (Å²) in [6.45, 7) is 2.03. The van der Waals surface area contributed by atoms with E-state index in [0.29, 0.717) is 6.42 Å². The highest BCUT2D eigenvalue weighted by molar-refractivity contribution is 5.81. The van der Waals surface area contributed by atoms with Crippen LogP contribution < -0.4 is 0 Å². The molecule has 2 heterocycles. The van der Waals surface area contributed by atoms with Gasteiger partial charge in [-0.25, -0.2) is 4.98 Å². The van der Waals surface area contributed by atoms with E-state index >= 15 is 0 Å². The normalized spacial score (nSPS) is 16.2. The molecule has 0 aromatic carbocycles. The van der Waals surface area contributed by atoms with E-state index < -0.39 is 0 Å². The molecule has 1 aromatic rings. The highest BCUT2D eigenvalue weighted by atomic mass is 16.2. The van der Waals surface area contributed by atoms with E-state index in [1.54, 1.807) is 4.57 Å². The zero-order chi connectivity index (χ0) is 8.55. The van der Waals surface area contributed by atoms with Gasteiger partial charge in [-0.2, -0.15) is 0 Å². The minimum absolute atomic E-state index is 0.214. The maximum absolute atomic E-state index is 11.4. The Labute approximate surface area is 71.4 Å². The Bertz CT molecular complexity index is 301. The van der Waals surface area contributed by atoms with Crippen molar-refractivity contribution in [2.24, 2.45) is 0 Å². The topological polar surface area (TPSA) is 34.9 Å². The Hall–Kier alpha value is -1.12. The smallest absolute Gasteiger partial charge is 0.232 e. The average molecular weight is 164 g/mol. The van der Waals surface area contributed by atoms with E-state index in [9.17, 15) is 4.79 Å². The summed E-state index contributed by atoms with van der Waals surface area (Å²) >= 11 is 0. The third kappa shape index (κ3) is 0.967. The minimum atomic E-state index is 0.214. The summed E-state index contributed by atoms with van der Waals surface area (Å²) < 4.78 is 1.78. The number of rotatable bonds is 1. The van der Waals surface area contributed by atoms with Crippen molar-refractivity contribution < 1.29 is 4.79 Å². The summed E-state index contributed by atoms with van der Waals surface area (Å²) in [6.07, 6.45) is 5.32. The quantitative estimate of drug-likeness (QED) is 0.629. The summed E-state index contributed by atoms with van der Waals surface area (Å²) in [5.41, 5.74) is 1.09. The number of nitrogens with zero attached hydrogens (tertiary/aromatic N) is 2. The molecule has 3 nitrogen and oxygen atoms in total. The predicted octanol–water partition coefficient (Wildman–Crippen LogP) is 1.42. The van der Waals surface area contributed by atoms with Crippen LogP contribution in [0.2, 0.25) is 0 Å². The fourth-order valence-corrected chi connectivity index (χ4v) is 1.69. The molecule has 1 aromatic heterocycles. The zero-order valence-corrected chi connectivity index (χ0v) is 7.21. The molecule has 0 radical (unpaired) electrons. The molecule has 0 spiro atoms. The Balaban J connectivity index is 2.50. The number of hydrogen-bond donors (Lipinski definition) is 0. The Kier molecular flexibility index (Phi) is 1.71. The Morgan fingerprint density at radius 3 is 3.17 bits per heavy atom. The average Bonchev–Trinajstić information content (AvgIpc) is 2.49. The van der Waals surface area contributed by atoms with E-state index in [1.807, 2.05) is 13.1 Å². The number of fused-ring (bicyclic) bond motifs is 1. The van der Waals surface area contributed by atoms with E-state index in [2.05, 4.69) is 4.98 Å². The Morgan fingerprint density at radius 1 is 1.58 bits per heavy atom. The second-order valence-electron chi connectivity index (χ2n) is 3.10. The third-order valence-electron chi connectivity index (χ3n) is 2.30. The van der Waals surface area contributed by atoms with Crippen molar-refractivity contribution in [2.75, 3.05) is 0 Å². The lowest BCUT2D eigenvalue weighted by atomic mass is 10.1. The van der Waals surface area contributed by atoms with Crippen molar-refractivity contribution in [3.05, 3.63) is 17.7 Å². The number of carbonyl (C=O) groups excluding carboxylic acids is 1. The van der Waals surface area contributed by atoms with Gasteiger partial charge in [-0.1, -0.05) is 6.92 Å². The number of hydrogen-bond acceptors (Lipinski definition) is 2. The van der Waals surface area contributed by atoms with Crippen molar-refractivity contribution in [3.63, 3.8) is 0 Å². The molecule has 0 aliphatic carbocycles. The minimum Gasteiger partial charge on any atom is -0.274 e. The molecular formula is C9H12N2O. The van der Waals surface area contributed by atoms with Crippen molar-refractivity contribution in [3.8, 4) is 0 Å². The molecule has 0 atom stereocenters. The first-order valence-corrected chi connectivity index (χ1v) is 4.41. The molecule has 0 saturated heterocycles. The number of carbonyl (C=O) groups is 1. The lowest BCUT2D eigenvalue weighted by molar-refractivity contribution is 0.0880. The van der Waals surface area contributed by atoms with Crippen LogP contribution in [0.1, 0.15) is 36.1 Å². The van der Waals surface area contributed by atoms with Crippen LogP contribution in [0.3, 0.4) is 0 Å². The highest BCUT2D eigenvalue weighted by Gasteiger charge is 2.19. The molecule has 12 heavy (non-hydrogen) atoms. The summed E-state index contributed by atoms with van der Waals surface area (Å²) in [4.78, 5) is 15.7. The van der Waals surface area contributed by atoms with Gasteiger partial charge in [0, 0.05) is 24.7 Å². The summed E-state index contributed by atoms with van der Waals surface area (Å²) in [7, 11) is 0. The standard InChI is InChI=1S/C9H12N2O/c1-2-8-10-6-7-4-3-5-9(12)11(7)8/h6H,2-5H2,1H3. The van der Waals surface area contributed by atoms with Gasteiger partial charge >= 0.3 is 0 Å². The summed E-state index contributed by atoms with van der Waals surface area (Å²) in [6, 6.07) is 0. The molecule has 1 aliphatic rings. The summed E-state index contributed by atoms with van der Waals surface area (Å²) in [5, 5.41) is 0. The van der Waals surface area contributed by atoms with Gasteiger partial charge in [0.05, 0.1) is 0 Å². The molecular weight excluding hydrogens is 152 g/mol. The molecule has 0 saturated carbocycles. The summed E-state index contributed by atoms with van der Waals surface area (Å²) in [5.74, 6) is 1.13. The van der Waals surface area contributed by atoms with Crippen LogP contribution in [-0.4, -0.2) is 15.5 Å². The van der Waals surface area contributed by atoms with Gasteiger partial charge in [0.25, 0.3) is 0 Å². The van der Waals surface area contributed by atoms with Crippen molar-refractivity contribution in [2.45, 2.75) is 32.6 Å². The molecule has 1 aliphatic heterocycles. The number of aryl methyl sites for hydroxylation is 2. The lowest BCUT2D eigenvalue weighted by Gasteiger charge is -2.13. The Morgan fingerprint density at radius 2 is 2.42 bits per heavy atom. The molecule has 2 rings (SSSR count). The fraction of sp³-hybridized carbons (Fsp3) is 0.556. The van der Waals surface area contributed by atoms with Crippen LogP contribution >= 0.6 is 0 Å². The first-order chi connectivity index (χ1) is 5.83. The maximum atomic E-state index is 11.4. The molecule has 0 bridgehead atoms. The first kappa shape index (κ1) is 7.53. The maximum Gasteiger partial charge on any atom is 0.232 e. The largest absolute Gasteiger partial charge is 0.274 e. The van der Waals surface area contributed by atoms with Crippen LogP contribution in [0, 0.1) is 0 Å². The third-order valence-corrected chi connectivity index (χ3v) is 2.30. The van der Waals surface area contributed by atoms with Gasteiger partial charge in [0.15, 0.2) is 0 Å². The molecule has 0 unspecified atom stereocenters. The highest BCUT2D eigenvalue weighted by Crippen LogP contribution is 2.16. The zero-order valence-electron chi connectivity index (χ0n) is 7.21. The van der Waals surface area contributed by atoms with Crippen molar-refractivity contribution in [1.82, 2.24) is 9.55 Å². The van der Waals surface area contributed by atoms with Crippen LogP contribution in [0.25, 0.3) is 0 Å². The van der Waals surface area contributed by atoms with E-state index in [1.165, 1.54) is 0 Å². The van der Waals surface area contributed by atoms with Gasteiger partial charge in [-0.05, 0) is 12.8 Å². The SMILES string of the molecule is CCc1ncc2n1C(=O)CCC2. The van der Waals surface area contributed by atoms with Crippen LogP contribution in [0.15, 0.2) is 6.20 Å². The molecule has 3 heteroatoms. The number of aromatic nitrogens is 2. The van der Waals surface area contributed by atoms with Crippen molar-refractivity contribution >= 4 is 5.91 Å². The van der Waals surface area contributed by atoms with Crippen molar-refractivity contribution in [1.29, 1.82) is 0 Å². The molecule has 64 valence electrons. The molecule has 0 amide bonds. The van der Waals surface area contributed by atoms with Crippen LogP contribution in [0.5, 0.6) is 0 Å². The lowest BCUT2D eigenvalue weighted by Crippen LogP contribution is -2.20. The first-order valence-electron chi connectivity index (χ1n) is 4.41. The van der Waals surface area contributed by atoms with E-state index in [-0.39, 0.29) is 5.91 Å². The van der Waals surface area contributed by atoms with Gasteiger partial charge < -0.3 is 0 Å². The van der Waals surface area contributed by atoms with Gasteiger partial charge in [0.1, 0.15) is 5.82 Å². The van der Waals surface area contributed by atoms with Crippen LogP contribution in [-0.2, 0) is 12.8 Å². The van der Waals surface area contributed by atoms with Crippen LogP contribution in [0.4, 0.5) is 0 Å². The number of imidazole rings is 1. The van der Waals surface area contributed by atoms with E-state index in [0.717, 1.165) is 30.8 Å².